The predicted molar refractivity (Wildman–Crippen MR) is 69.4 cm³/mol. The van der Waals surface area contributed by atoms with Gasteiger partial charge in [-0.2, -0.15) is 4.98 Å². The first-order valence-electron chi connectivity index (χ1n) is 6.76. The van der Waals surface area contributed by atoms with Crippen molar-refractivity contribution in [2.24, 2.45) is 5.73 Å². The summed E-state index contributed by atoms with van der Waals surface area (Å²) in [6.07, 6.45) is 5.68. The molecule has 0 aliphatic carbocycles. The maximum Gasteiger partial charge on any atom is 0.246 e. The third kappa shape index (κ3) is 1.70. The second kappa shape index (κ2) is 3.90. The van der Waals surface area contributed by atoms with Crippen molar-refractivity contribution < 1.29 is 4.39 Å². The molecule has 2 N–H and O–H groups in total. The number of pyridine rings is 1. The molecule has 0 saturated carbocycles. The Bertz CT molecular complexity index is 611. The Labute approximate surface area is 110 Å². The van der Waals surface area contributed by atoms with Crippen molar-refractivity contribution in [3.05, 3.63) is 24.1 Å². The number of hydrogen-bond acceptors (Lipinski definition) is 4. The number of nitrogens with two attached hydrogens (primary N) is 1. The molecule has 2 aromatic heterocycles. The molecule has 2 atom stereocenters. The standard InChI is InChI=1S/C13H16FN5/c14-8-1-4-12-16-13(17-18(12)7-8)19-10-2-3-11(19)6-9(15)5-10/h1,4,7,9-11H,2-3,5-6,15H2. The second-order valence-corrected chi connectivity index (χ2v) is 5.59. The van der Waals surface area contributed by atoms with Crippen LogP contribution in [0.25, 0.3) is 5.65 Å². The maximum absolute atomic E-state index is 13.2. The summed E-state index contributed by atoms with van der Waals surface area (Å²) in [6.45, 7) is 0. The van der Waals surface area contributed by atoms with E-state index in [1.54, 1.807) is 6.07 Å². The van der Waals surface area contributed by atoms with Crippen LogP contribution < -0.4 is 10.6 Å². The van der Waals surface area contributed by atoms with Gasteiger partial charge >= 0.3 is 0 Å². The number of aromatic nitrogens is 3. The highest BCUT2D eigenvalue weighted by atomic mass is 19.1. The second-order valence-electron chi connectivity index (χ2n) is 5.59. The molecule has 2 saturated heterocycles. The fraction of sp³-hybridized carbons (Fsp3) is 0.538. The van der Waals surface area contributed by atoms with Gasteiger partial charge in [0.15, 0.2) is 5.65 Å². The van der Waals surface area contributed by atoms with Crippen LogP contribution >= 0.6 is 0 Å². The van der Waals surface area contributed by atoms with E-state index >= 15 is 0 Å². The first-order valence-corrected chi connectivity index (χ1v) is 6.76. The molecule has 2 bridgehead atoms. The zero-order valence-corrected chi connectivity index (χ0v) is 10.5. The van der Waals surface area contributed by atoms with Crippen molar-refractivity contribution in [3.63, 3.8) is 0 Å². The van der Waals surface area contributed by atoms with Gasteiger partial charge in [0.25, 0.3) is 0 Å². The molecule has 19 heavy (non-hydrogen) atoms. The molecular formula is C13H16FN5. The molecular weight excluding hydrogens is 245 g/mol. The summed E-state index contributed by atoms with van der Waals surface area (Å²) in [5.41, 5.74) is 6.75. The van der Waals surface area contributed by atoms with Crippen LogP contribution in [-0.4, -0.2) is 32.7 Å². The molecule has 2 aliphatic heterocycles. The van der Waals surface area contributed by atoms with Crippen LogP contribution in [0.5, 0.6) is 0 Å². The van der Waals surface area contributed by atoms with E-state index < -0.39 is 0 Å². The monoisotopic (exact) mass is 261 g/mol. The van der Waals surface area contributed by atoms with Gasteiger partial charge in [-0.15, -0.1) is 5.10 Å². The van der Waals surface area contributed by atoms with E-state index in [9.17, 15) is 4.39 Å². The number of fused-ring (bicyclic) bond motifs is 3. The van der Waals surface area contributed by atoms with E-state index in [2.05, 4.69) is 15.0 Å². The molecule has 0 radical (unpaired) electrons. The number of nitrogens with zero attached hydrogens (tertiary/aromatic N) is 4. The fourth-order valence-electron chi connectivity index (χ4n) is 3.50. The molecule has 2 aliphatic rings. The highest BCUT2D eigenvalue weighted by Gasteiger charge is 2.41. The summed E-state index contributed by atoms with van der Waals surface area (Å²) < 4.78 is 14.7. The average Bonchev–Trinajstić information content (AvgIpc) is 2.88. The highest BCUT2D eigenvalue weighted by Crippen LogP contribution is 2.37. The zero-order valence-electron chi connectivity index (χ0n) is 10.5. The van der Waals surface area contributed by atoms with Crippen LogP contribution in [0.1, 0.15) is 25.7 Å². The summed E-state index contributed by atoms with van der Waals surface area (Å²) in [6, 6.07) is 4.24. The van der Waals surface area contributed by atoms with E-state index in [0.29, 0.717) is 29.7 Å². The molecule has 6 heteroatoms. The first-order chi connectivity index (χ1) is 9.20. The largest absolute Gasteiger partial charge is 0.333 e. The minimum absolute atomic E-state index is 0.295. The topological polar surface area (TPSA) is 59.5 Å². The first kappa shape index (κ1) is 11.2. The normalized spacial score (nSPS) is 30.2. The van der Waals surface area contributed by atoms with Crippen molar-refractivity contribution in [3.8, 4) is 0 Å². The van der Waals surface area contributed by atoms with Gasteiger partial charge in [0.1, 0.15) is 5.82 Å². The van der Waals surface area contributed by atoms with Gasteiger partial charge in [-0.25, -0.2) is 8.91 Å². The molecule has 2 unspecified atom stereocenters. The van der Waals surface area contributed by atoms with E-state index in [0.717, 1.165) is 25.7 Å². The molecule has 2 fully saturated rings. The summed E-state index contributed by atoms with van der Waals surface area (Å²) in [4.78, 5) is 6.80. The molecule has 100 valence electrons. The number of halogens is 1. The summed E-state index contributed by atoms with van der Waals surface area (Å²) >= 11 is 0. The minimum atomic E-state index is -0.299. The smallest absolute Gasteiger partial charge is 0.246 e. The SMILES string of the molecule is NC1CC2CCC(C1)N2c1nc2ccc(F)cn2n1. The van der Waals surface area contributed by atoms with Crippen LogP contribution in [0.15, 0.2) is 18.3 Å². The number of anilines is 1. The Kier molecular flexibility index (Phi) is 2.29. The van der Waals surface area contributed by atoms with Crippen LogP contribution in [-0.2, 0) is 0 Å². The van der Waals surface area contributed by atoms with Crippen molar-refractivity contribution >= 4 is 11.6 Å². The van der Waals surface area contributed by atoms with Gasteiger partial charge in [0.2, 0.25) is 5.95 Å². The third-order valence-electron chi connectivity index (χ3n) is 4.28. The lowest BCUT2D eigenvalue weighted by atomic mass is 9.99. The van der Waals surface area contributed by atoms with Gasteiger partial charge in [-0.3, -0.25) is 0 Å². The van der Waals surface area contributed by atoms with E-state index in [1.165, 1.54) is 16.8 Å². The van der Waals surface area contributed by atoms with Crippen LogP contribution in [0.4, 0.5) is 10.3 Å². The van der Waals surface area contributed by atoms with Crippen LogP contribution in [0, 0.1) is 5.82 Å². The lowest BCUT2D eigenvalue weighted by Gasteiger charge is -2.36. The maximum atomic E-state index is 13.2. The quantitative estimate of drug-likeness (QED) is 0.841. The Balaban J connectivity index is 1.74. The summed E-state index contributed by atoms with van der Waals surface area (Å²) in [5, 5.41) is 4.41. The minimum Gasteiger partial charge on any atom is -0.333 e. The predicted octanol–water partition coefficient (Wildman–Crippen LogP) is 1.33. The molecule has 2 aromatic rings. The van der Waals surface area contributed by atoms with Crippen molar-refractivity contribution in [1.82, 2.24) is 14.6 Å². The lowest BCUT2D eigenvalue weighted by Crippen LogP contribution is -2.48. The van der Waals surface area contributed by atoms with Gasteiger partial charge in [-0.05, 0) is 37.8 Å². The Morgan fingerprint density at radius 3 is 2.68 bits per heavy atom. The third-order valence-corrected chi connectivity index (χ3v) is 4.28. The summed E-state index contributed by atoms with van der Waals surface area (Å²) in [5.74, 6) is 0.414. The number of rotatable bonds is 1. The van der Waals surface area contributed by atoms with Crippen molar-refractivity contribution in [1.29, 1.82) is 0 Å². The molecule has 4 heterocycles. The Morgan fingerprint density at radius 1 is 1.21 bits per heavy atom. The molecule has 0 aromatic carbocycles. The van der Waals surface area contributed by atoms with Crippen molar-refractivity contribution in [2.75, 3.05) is 4.90 Å². The number of piperidine rings is 1. The van der Waals surface area contributed by atoms with Crippen molar-refractivity contribution in [2.45, 2.75) is 43.8 Å². The Hall–Kier alpha value is -1.69. The fourth-order valence-corrected chi connectivity index (χ4v) is 3.50. The zero-order chi connectivity index (χ0) is 13.0. The highest BCUT2D eigenvalue weighted by molar-refractivity contribution is 5.47. The van der Waals surface area contributed by atoms with E-state index in [1.807, 2.05) is 0 Å². The lowest BCUT2D eigenvalue weighted by molar-refractivity contribution is 0.409. The van der Waals surface area contributed by atoms with Gasteiger partial charge in [0.05, 0.1) is 6.20 Å². The summed E-state index contributed by atoms with van der Waals surface area (Å²) in [7, 11) is 0. The van der Waals surface area contributed by atoms with Crippen LogP contribution in [0.2, 0.25) is 0 Å². The van der Waals surface area contributed by atoms with E-state index in [-0.39, 0.29) is 5.82 Å². The number of hydrogen-bond donors (Lipinski definition) is 1. The average molecular weight is 261 g/mol. The Morgan fingerprint density at radius 2 is 1.95 bits per heavy atom. The van der Waals surface area contributed by atoms with Gasteiger partial charge in [0, 0.05) is 18.1 Å². The van der Waals surface area contributed by atoms with E-state index in [4.69, 9.17) is 5.73 Å². The molecule has 5 nitrogen and oxygen atoms in total. The molecule has 4 rings (SSSR count). The molecule has 0 spiro atoms. The molecule has 0 amide bonds. The van der Waals surface area contributed by atoms with Crippen LogP contribution in [0.3, 0.4) is 0 Å². The van der Waals surface area contributed by atoms with Gasteiger partial charge < -0.3 is 10.6 Å². The van der Waals surface area contributed by atoms with Gasteiger partial charge in [-0.1, -0.05) is 0 Å².